The second kappa shape index (κ2) is 4.27. The number of benzene rings is 1. The van der Waals surface area contributed by atoms with E-state index in [-0.39, 0.29) is 6.04 Å². The van der Waals surface area contributed by atoms with Crippen molar-refractivity contribution in [2.75, 3.05) is 0 Å². The summed E-state index contributed by atoms with van der Waals surface area (Å²) in [4.78, 5) is 0. The molecular formula is C10H11ClN2. The molecule has 1 rings (SSSR count). The second-order valence-electron chi connectivity index (χ2n) is 2.92. The molecule has 0 aliphatic carbocycles. The highest BCUT2D eigenvalue weighted by atomic mass is 35.5. The molecule has 13 heavy (non-hydrogen) atoms. The third-order valence-corrected chi connectivity index (χ3v) is 2.43. The summed E-state index contributed by atoms with van der Waals surface area (Å²) >= 11 is 5.92. The largest absolute Gasteiger partial charge is 0.323 e. The van der Waals surface area contributed by atoms with Gasteiger partial charge >= 0.3 is 0 Å². The number of rotatable bonds is 2. The van der Waals surface area contributed by atoms with Gasteiger partial charge in [-0.15, -0.1) is 0 Å². The van der Waals surface area contributed by atoms with Crippen LogP contribution >= 0.6 is 11.6 Å². The first-order valence-corrected chi connectivity index (χ1v) is 4.42. The van der Waals surface area contributed by atoms with Crippen molar-refractivity contribution in [3.63, 3.8) is 0 Å². The molecule has 2 nitrogen and oxygen atoms in total. The van der Waals surface area contributed by atoms with Crippen molar-refractivity contribution in [1.29, 1.82) is 5.26 Å². The molecule has 0 spiro atoms. The smallest absolute Gasteiger partial charge is 0.0641 e. The molecule has 0 bridgehead atoms. The minimum absolute atomic E-state index is 0.233. The predicted molar refractivity (Wildman–Crippen MR) is 53.3 cm³/mol. The second-order valence-corrected chi connectivity index (χ2v) is 3.33. The minimum Gasteiger partial charge on any atom is -0.323 e. The quantitative estimate of drug-likeness (QED) is 0.787. The fourth-order valence-corrected chi connectivity index (χ4v) is 1.42. The van der Waals surface area contributed by atoms with Crippen LogP contribution in [-0.4, -0.2) is 0 Å². The molecule has 0 radical (unpaired) electrons. The van der Waals surface area contributed by atoms with Crippen molar-refractivity contribution < 1.29 is 0 Å². The number of hydrogen-bond acceptors (Lipinski definition) is 2. The Morgan fingerprint density at radius 2 is 2.31 bits per heavy atom. The highest BCUT2D eigenvalue weighted by Gasteiger charge is 2.09. The summed E-state index contributed by atoms with van der Waals surface area (Å²) in [7, 11) is 0. The van der Waals surface area contributed by atoms with Crippen molar-refractivity contribution in [3.8, 4) is 6.07 Å². The molecule has 1 aromatic rings. The van der Waals surface area contributed by atoms with Gasteiger partial charge in [-0.25, -0.2) is 0 Å². The normalized spacial score (nSPS) is 12.2. The Hall–Kier alpha value is -1.04. The summed E-state index contributed by atoms with van der Waals surface area (Å²) in [6, 6.07) is 7.39. The molecule has 3 heteroatoms. The molecule has 0 fully saturated rings. The molecule has 0 saturated heterocycles. The molecule has 0 aromatic heterocycles. The van der Waals surface area contributed by atoms with Gasteiger partial charge in [-0.2, -0.15) is 5.26 Å². The molecule has 0 aliphatic heterocycles. The van der Waals surface area contributed by atoms with Crippen LogP contribution in [0.5, 0.6) is 0 Å². The third-order valence-electron chi connectivity index (χ3n) is 2.02. The maximum atomic E-state index is 8.50. The lowest BCUT2D eigenvalue weighted by Crippen LogP contribution is -2.10. The van der Waals surface area contributed by atoms with Crippen LogP contribution in [-0.2, 0) is 0 Å². The Kier molecular flexibility index (Phi) is 3.30. The Bertz CT molecular complexity index is 341. The summed E-state index contributed by atoms with van der Waals surface area (Å²) in [5.41, 5.74) is 7.71. The molecule has 0 saturated carbocycles. The summed E-state index contributed by atoms with van der Waals surface area (Å²) in [6.45, 7) is 1.91. The molecule has 0 aliphatic rings. The minimum atomic E-state index is -0.233. The van der Waals surface area contributed by atoms with Crippen LogP contribution in [0.25, 0.3) is 0 Å². The molecule has 0 amide bonds. The van der Waals surface area contributed by atoms with E-state index in [4.69, 9.17) is 22.6 Å². The van der Waals surface area contributed by atoms with Crippen molar-refractivity contribution in [2.45, 2.75) is 19.4 Å². The first-order valence-electron chi connectivity index (χ1n) is 4.04. The fraction of sp³-hybridized carbons (Fsp3) is 0.300. The van der Waals surface area contributed by atoms with Crippen molar-refractivity contribution in [2.24, 2.45) is 5.73 Å². The zero-order valence-corrected chi connectivity index (χ0v) is 8.17. The van der Waals surface area contributed by atoms with Crippen molar-refractivity contribution in [3.05, 3.63) is 34.3 Å². The van der Waals surface area contributed by atoms with E-state index in [2.05, 4.69) is 0 Å². The molecule has 1 aromatic carbocycles. The lowest BCUT2D eigenvalue weighted by atomic mass is 10.0. The summed E-state index contributed by atoms with van der Waals surface area (Å²) in [5, 5.41) is 9.20. The average Bonchev–Trinajstić information content (AvgIpc) is 2.10. The van der Waals surface area contributed by atoms with E-state index in [1.165, 1.54) is 0 Å². The lowest BCUT2D eigenvalue weighted by Gasteiger charge is -2.11. The molecule has 68 valence electrons. The van der Waals surface area contributed by atoms with Crippen LogP contribution in [0.15, 0.2) is 18.2 Å². The van der Waals surface area contributed by atoms with Crippen molar-refractivity contribution >= 4 is 11.6 Å². The van der Waals surface area contributed by atoms with Gasteiger partial charge in [0.1, 0.15) is 0 Å². The topological polar surface area (TPSA) is 49.8 Å². The summed E-state index contributed by atoms with van der Waals surface area (Å²) in [5.74, 6) is 0. The van der Waals surface area contributed by atoms with Gasteiger partial charge in [0.05, 0.1) is 12.5 Å². The molecule has 0 heterocycles. The maximum Gasteiger partial charge on any atom is 0.0641 e. The Balaban J connectivity index is 3.02. The van der Waals surface area contributed by atoms with E-state index in [9.17, 15) is 0 Å². The van der Waals surface area contributed by atoms with Gasteiger partial charge in [0.15, 0.2) is 0 Å². The maximum absolute atomic E-state index is 8.50. The van der Waals surface area contributed by atoms with Crippen LogP contribution < -0.4 is 5.73 Å². The SMILES string of the molecule is Cc1c(Cl)cccc1[C@@H](N)CC#N. The Morgan fingerprint density at radius 3 is 2.92 bits per heavy atom. The van der Waals surface area contributed by atoms with E-state index in [0.717, 1.165) is 11.1 Å². The van der Waals surface area contributed by atoms with E-state index in [0.29, 0.717) is 11.4 Å². The first-order chi connectivity index (χ1) is 6.16. The monoisotopic (exact) mass is 194 g/mol. The van der Waals surface area contributed by atoms with E-state index >= 15 is 0 Å². The Morgan fingerprint density at radius 1 is 1.62 bits per heavy atom. The molecular weight excluding hydrogens is 184 g/mol. The van der Waals surface area contributed by atoms with Gasteiger partial charge in [0.25, 0.3) is 0 Å². The van der Waals surface area contributed by atoms with Gasteiger partial charge in [-0.3, -0.25) is 0 Å². The summed E-state index contributed by atoms with van der Waals surface area (Å²) in [6.07, 6.45) is 0.321. The zero-order chi connectivity index (χ0) is 9.84. The molecule has 1 atom stereocenters. The van der Waals surface area contributed by atoms with E-state index < -0.39 is 0 Å². The highest BCUT2D eigenvalue weighted by molar-refractivity contribution is 6.31. The van der Waals surface area contributed by atoms with Gasteiger partial charge in [0, 0.05) is 11.1 Å². The number of hydrogen-bond donors (Lipinski definition) is 1. The van der Waals surface area contributed by atoms with E-state index in [1.807, 2.05) is 31.2 Å². The fourth-order valence-electron chi connectivity index (χ4n) is 1.23. The number of nitrogens with zero attached hydrogens (tertiary/aromatic N) is 1. The van der Waals surface area contributed by atoms with Gasteiger partial charge < -0.3 is 5.73 Å². The van der Waals surface area contributed by atoms with Crippen LogP contribution in [0.1, 0.15) is 23.6 Å². The van der Waals surface area contributed by atoms with Crippen LogP contribution in [0.4, 0.5) is 0 Å². The van der Waals surface area contributed by atoms with Crippen LogP contribution in [0.3, 0.4) is 0 Å². The summed E-state index contributed by atoms with van der Waals surface area (Å²) < 4.78 is 0. The molecule has 2 N–H and O–H groups in total. The zero-order valence-electron chi connectivity index (χ0n) is 7.42. The van der Waals surface area contributed by atoms with Gasteiger partial charge in [0.2, 0.25) is 0 Å². The highest BCUT2D eigenvalue weighted by Crippen LogP contribution is 2.24. The average molecular weight is 195 g/mol. The third kappa shape index (κ3) is 2.21. The predicted octanol–water partition coefficient (Wildman–Crippen LogP) is 2.56. The molecule has 0 unspecified atom stereocenters. The number of halogens is 1. The van der Waals surface area contributed by atoms with Crippen molar-refractivity contribution in [1.82, 2.24) is 0 Å². The van der Waals surface area contributed by atoms with Gasteiger partial charge in [-0.1, -0.05) is 23.7 Å². The van der Waals surface area contributed by atoms with Crippen LogP contribution in [0, 0.1) is 18.3 Å². The standard InChI is InChI=1S/C10H11ClN2/c1-7-8(10(13)5-6-12)3-2-4-9(7)11/h2-4,10H,5,13H2,1H3/t10-/m0/s1. The number of nitrogens with two attached hydrogens (primary N) is 1. The van der Waals surface area contributed by atoms with Crippen LogP contribution in [0.2, 0.25) is 5.02 Å². The first kappa shape index (κ1) is 10.0. The van der Waals surface area contributed by atoms with Gasteiger partial charge in [-0.05, 0) is 24.1 Å². The Labute approximate surface area is 82.9 Å². The van der Waals surface area contributed by atoms with E-state index in [1.54, 1.807) is 0 Å². The lowest BCUT2D eigenvalue weighted by molar-refractivity contribution is 0.742. The number of nitriles is 1.